The number of rotatable bonds is 10. The Morgan fingerprint density at radius 3 is 2.65 bits per heavy atom. The summed E-state index contributed by atoms with van der Waals surface area (Å²) in [7, 11) is -1.71. The van der Waals surface area contributed by atoms with Gasteiger partial charge in [-0.1, -0.05) is 0 Å². The van der Waals surface area contributed by atoms with E-state index in [2.05, 4.69) is 5.32 Å². The smallest absolute Gasteiger partial charge is 0.216 e. The lowest BCUT2D eigenvalue weighted by molar-refractivity contribution is 0.0904. The van der Waals surface area contributed by atoms with Crippen molar-refractivity contribution < 1.29 is 17.9 Å². The minimum absolute atomic E-state index is 0.0294. The molecular formula is C13H28N2O4S. The van der Waals surface area contributed by atoms with Gasteiger partial charge in [-0.3, -0.25) is 0 Å². The number of nitrogens with zero attached hydrogens (tertiary/aromatic N) is 1. The Morgan fingerprint density at radius 1 is 1.35 bits per heavy atom. The van der Waals surface area contributed by atoms with Gasteiger partial charge in [0.25, 0.3) is 0 Å². The van der Waals surface area contributed by atoms with Gasteiger partial charge in [-0.2, -0.15) is 4.31 Å². The summed E-state index contributed by atoms with van der Waals surface area (Å²) in [6, 6.07) is 0.257. The Morgan fingerprint density at radius 2 is 2.10 bits per heavy atom. The Balaban J connectivity index is 2.54. The highest BCUT2D eigenvalue weighted by Crippen LogP contribution is 2.11. The van der Waals surface area contributed by atoms with E-state index in [9.17, 15) is 8.42 Å². The molecule has 6 nitrogen and oxygen atoms in total. The van der Waals surface area contributed by atoms with Crippen LogP contribution in [-0.2, 0) is 19.5 Å². The van der Waals surface area contributed by atoms with Crippen LogP contribution in [0.4, 0.5) is 0 Å². The lowest BCUT2D eigenvalue weighted by Gasteiger charge is -2.25. The minimum atomic E-state index is -3.29. The van der Waals surface area contributed by atoms with Crippen molar-refractivity contribution in [3.63, 3.8) is 0 Å². The van der Waals surface area contributed by atoms with Crippen LogP contribution in [0.5, 0.6) is 0 Å². The van der Waals surface area contributed by atoms with Crippen LogP contribution in [0.25, 0.3) is 0 Å². The molecule has 1 rings (SSSR count). The van der Waals surface area contributed by atoms with Crippen molar-refractivity contribution >= 4 is 10.0 Å². The monoisotopic (exact) mass is 308 g/mol. The van der Waals surface area contributed by atoms with Crippen molar-refractivity contribution in [3.05, 3.63) is 0 Å². The van der Waals surface area contributed by atoms with Crippen molar-refractivity contribution in [2.24, 2.45) is 0 Å². The summed E-state index contributed by atoms with van der Waals surface area (Å²) in [5.41, 5.74) is 0. The molecule has 1 heterocycles. The first-order valence-corrected chi connectivity index (χ1v) is 8.88. The zero-order valence-electron chi connectivity index (χ0n) is 12.8. The maximum Gasteiger partial charge on any atom is 0.216 e. The zero-order chi connectivity index (χ0) is 15.0. The molecule has 1 fully saturated rings. The van der Waals surface area contributed by atoms with E-state index in [0.717, 1.165) is 19.4 Å². The normalized spacial score (nSPS) is 20.1. The SMILES string of the molecule is COCCN(CC1CCCN1)S(=O)(=O)CCOC(C)C. The van der Waals surface area contributed by atoms with E-state index in [0.29, 0.717) is 19.7 Å². The van der Waals surface area contributed by atoms with Gasteiger partial charge in [0.15, 0.2) is 0 Å². The molecule has 0 aromatic carbocycles. The molecule has 1 unspecified atom stereocenters. The topological polar surface area (TPSA) is 67.9 Å². The second-order valence-electron chi connectivity index (χ2n) is 5.38. The van der Waals surface area contributed by atoms with Crippen molar-refractivity contribution in [3.8, 4) is 0 Å². The van der Waals surface area contributed by atoms with E-state index in [1.807, 2.05) is 13.8 Å². The third kappa shape index (κ3) is 6.49. The van der Waals surface area contributed by atoms with Crippen molar-refractivity contribution in [1.82, 2.24) is 9.62 Å². The molecule has 0 spiro atoms. The standard InChI is InChI=1S/C13H28N2O4S/c1-12(2)19-9-10-20(16,17)15(7-8-18-3)11-13-5-4-6-14-13/h12-14H,4-11H2,1-3H3. The molecule has 1 saturated heterocycles. The van der Waals surface area contributed by atoms with E-state index in [4.69, 9.17) is 9.47 Å². The molecule has 20 heavy (non-hydrogen) atoms. The van der Waals surface area contributed by atoms with Gasteiger partial charge in [-0.25, -0.2) is 8.42 Å². The van der Waals surface area contributed by atoms with Crippen molar-refractivity contribution in [2.45, 2.75) is 38.8 Å². The number of methoxy groups -OCH3 is 1. The largest absolute Gasteiger partial charge is 0.383 e. The number of hydrogen-bond donors (Lipinski definition) is 1. The molecular weight excluding hydrogens is 280 g/mol. The van der Waals surface area contributed by atoms with Crippen LogP contribution < -0.4 is 5.32 Å². The minimum Gasteiger partial charge on any atom is -0.383 e. The van der Waals surface area contributed by atoms with E-state index >= 15 is 0 Å². The first-order valence-electron chi connectivity index (χ1n) is 7.27. The summed E-state index contributed by atoms with van der Waals surface area (Å²) < 4.78 is 36.6. The Labute approximate surface area is 122 Å². The molecule has 0 aromatic heterocycles. The fourth-order valence-electron chi connectivity index (χ4n) is 2.21. The summed E-state index contributed by atoms with van der Waals surface area (Å²) in [6.07, 6.45) is 2.19. The maximum absolute atomic E-state index is 12.4. The fourth-order valence-corrected chi connectivity index (χ4v) is 3.54. The molecule has 0 aliphatic carbocycles. The summed E-state index contributed by atoms with van der Waals surface area (Å²) in [5.74, 6) is 0.0294. The third-order valence-electron chi connectivity index (χ3n) is 3.32. The second kappa shape index (κ2) is 8.94. The highest BCUT2D eigenvalue weighted by Gasteiger charge is 2.26. The van der Waals surface area contributed by atoms with Crippen LogP contribution in [-0.4, -0.2) is 70.6 Å². The summed E-state index contributed by atoms with van der Waals surface area (Å²) in [6.45, 7) is 6.35. The van der Waals surface area contributed by atoms with Gasteiger partial charge in [0.2, 0.25) is 10.0 Å². The highest BCUT2D eigenvalue weighted by molar-refractivity contribution is 7.89. The number of sulfonamides is 1. The first-order chi connectivity index (χ1) is 9.45. The maximum atomic E-state index is 12.4. The summed E-state index contributed by atoms with van der Waals surface area (Å²) in [4.78, 5) is 0. The molecule has 1 aliphatic heterocycles. The first kappa shape index (κ1) is 17.8. The van der Waals surface area contributed by atoms with Crippen LogP contribution in [0.3, 0.4) is 0 Å². The predicted octanol–water partition coefficient (Wildman–Crippen LogP) is 0.442. The molecule has 0 aromatic rings. The van der Waals surface area contributed by atoms with Gasteiger partial charge in [-0.15, -0.1) is 0 Å². The Bertz CT molecular complexity index is 353. The molecule has 1 aliphatic rings. The Hall–Kier alpha value is -0.210. The molecule has 7 heteroatoms. The molecule has 0 radical (unpaired) electrons. The molecule has 1 N–H and O–H groups in total. The molecule has 0 amide bonds. The Kier molecular flexibility index (Phi) is 7.98. The average molecular weight is 308 g/mol. The van der Waals surface area contributed by atoms with E-state index in [1.54, 1.807) is 7.11 Å². The van der Waals surface area contributed by atoms with Crippen LogP contribution in [0.2, 0.25) is 0 Å². The average Bonchev–Trinajstić information content (AvgIpc) is 2.86. The van der Waals surface area contributed by atoms with E-state index in [1.165, 1.54) is 4.31 Å². The summed E-state index contributed by atoms with van der Waals surface area (Å²) >= 11 is 0. The van der Waals surface area contributed by atoms with Gasteiger partial charge < -0.3 is 14.8 Å². The molecule has 0 bridgehead atoms. The van der Waals surface area contributed by atoms with Gasteiger partial charge in [0, 0.05) is 26.2 Å². The third-order valence-corrected chi connectivity index (χ3v) is 5.12. The summed E-state index contributed by atoms with van der Waals surface area (Å²) in [5, 5.41) is 3.33. The number of ether oxygens (including phenoxy) is 2. The van der Waals surface area contributed by atoms with Gasteiger partial charge in [0.05, 0.1) is 25.1 Å². The van der Waals surface area contributed by atoms with Crippen LogP contribution in [0.15, 0.2) is 0 Å². The lowest BCUT2D eigenvalue weighted by Crippen LogP contribution is -2.44. The highest BCUT2D eigenvalue weighted by atomic mass is 32.2. The van der Waals surface area contributed by atoms with E-state index < -0.39 is 10.0 Å². The molecule has 120 valence electrons. The fraction of sp³-hybridized carbons (Fsp3) is 1.00. The van der Waals surface area contributed by atoms with Gasteiger partial charge >= 0.3 is 0 Å². The second-order valence-corrected chi connectivity index (χ2v) is 7.47. The van der Waals surface area contributed by atoms with Gasteiger partial charge in [0.1, 0.15) is 0 Å². The quantitative estimate of drug-likeness (QED) is 0.634. The van der Waals surface area contributed by atoms with Crippen molar-refractivity contribution in [2.75, 3.05) is 45.7 Å². The van der Waals surface area contributed by atoms with Crippen LogP contribution in [0, 0.1) is 0 Å². The molecule has 1 atom stereocenters. The zero-order valence-corrected chi connectivity index (χ0v) is 13.6. The van der Waals surface area contributed by atoms with Gasteiger partial charge in [-0.05, 0) is 33.2 Å². The van der Waals surface area contributed by atoms with Crippen molar-refractivity contribution in [1.29, 1.82) is 0 Å². The van der Waals surface area contributed by atoms with Crippen LogP contribution >= 0.6 is 0 Å². The number of hydrogen-bond acceptors (Lipinski definition) is 5. The predicted molar refractivity (Wildman–Crippen MR) is 79.3 cm³/mol. The number of nitrogens with one attached hydrogen (secondary N) is 1. The molecule has 0 saturated carbocycles. The van der Waals surface area contributed by atoms with Crippen LogP contribution in [0.1, 0.15) is 26.7 Å². The lowest BCUT2D eigenvalue weighted by atomic mass is 10.2. The van der Waals surface area contributed by atoms with E-state index in [-0.39, 0.29) is 24.5 Å².